The second-order valence-electron chi connectivity index (χ2n) is 9.31. The summed E-state index contributed by atoms with van der Waals surface area (Å²) in [6, 6.07) is 2.93. The molecule has 2 heterocycles. The number of hydrogen-bond donors (Lipinski definition) is 2. The van der Waals surface area contributed by atoms with Crippen molar-refractivity contribution in [2.75, 3.05) is 12.4 Å². The number of halogens is 1. The van der Waals surface area contributed by atoms with E-state index in [1.54, 1.807) is 4.68 Å². The molecule has 0 saturated heterocycles. The average molecular weight is 464 g/mol. The highest BCUT2D eigenvalue weighted by Crippen LogP contribution is 2.32. The van der Waals surface area contributed by atoms with Crippen molar-refractivity contribution in [3.8, 4) is 11.4 Å². The average Bonchev–Trinajstić information content (AvgIpc) is 3.15. The van der Waals surface area contributed by atoms with Gasteiger partial charge in [-0.15, -0.1) is 5.10 Å². The van der Waals surface area contributed by atoms with Crippen molar-refractivity contribution in [2.45, 2.75) is 58.1 Å². The summed E-state index contributed by atoms with van der Waals surface area (Å²) in [7, 11) is -0.230. The number of ether oxygens (including phenoxy) is 1. The second kappa shape index (κ2) is 9.86. The minimum atomic E-state index is -1.53. The lowest BCUT2D eigenvalue weighted by Gasteiger charge is -2.28. The summed E-state index contributed by atoms with van der Waals surface area (Å²) in [5, 5.41) is 20.6. The van der Waals surface area contributed by atoms with Crippen molar-refractivity contribution in [2.24, 2.45) is 11.8 Å². The number of rotatable bonds is 7. The van der Waals surface area contributed by atoms with E-state index in [-0.39, 0.29) is 18.0 Å². The summed E-state index contributed by atoms with van der Waals surface area (Å²) in [4.78, 5) is 28.7. The molecule has 0 spiro atoms. The van der Waals surface area contributed by atoms with Gasteiger partial charge in [-0.1, -0.05) is 37.7 Å². The zero-order valence-corrected chi connectivity index (χ0v) is 19.9. The first-order valence-electron chi connectivity index (χ1n) is 10.7. The number of anilines is 1. The summed E-state index contributed by atoms with van der Waals surface area (Å²) in [6.07, 6.45) is 3.44. The van der Waals surface area contributed by atoms with Gasteiger partial charge in [0.2, 0.25) is 11.9 Å². The van der Waals surface area contributed by atoms with Crippen LogP contribution in [-0.4, -0.2) is 52.1 Å². The van der Waals surface area contributed by atoms with Crippen LogP contribution in [-0.2, 0) is 27.1 Å². The molecule has 2 aromatic rings. The van der Waals surface area contributed by atoms with Gasteiger partial charge >= 0.3 is 5.97 Å². The van der Waals surface area contributed by atoms with Crippen LogP contribution in [0.15, 0.2) is 12.1 Å². The maximum Gasteiger partial charge on any atom is 0.309 e. The highest BCUT2D eigenvalue weighted by Gasteiger charge is 2.36. The number of pyridine rings is 1. The van der Waals surface area contributed by atoms with Crippen LogP contribution >= 0.6 is 0 Å². The molecule has 0 bridgehead atoms. The minimum Gasteiger partial charge on any atom is -0.469 e. The molecule has 0 aliphatic heterocycles. The molecule has 11 heteroatoms. The zero-order valence-electron chi connectivity index (χ0n) is 18.9. The highest BCUT2D eigenvalue weighted by molar-refractivity contribution is 6.74. The SMILES string of the molecule is COC(=O)[C@H]1CCCC[C@@H]1C(=O)Nc1ccc(-c2nnn(C[Si](C)(C)C)c2CO)nc1F. The molecular weight excluding hydrogens is 433 g/mol. The van der Waals surface area contributed by atoms with Crippen LogP contribution in [0.25, 0.3) is 11.4 Å². The van der Waals surface area contributed by atoms with E-state index < -0.39 is 37.7 Å². The molecule has 2 aromatic heterocycles. The van der Waals surface area contributed by atoms with E-state index >= 15 is 0 Å². The smallest absolute Gasteiger partial charge is 0.309 e. The fraction of sp³-hybridized carbons (Fsp3) is 0.571. The number of nitrogens with one attached hydrogen (secondary N) is 1. The first-order valence-corrected chi connectivity index (χ1v) is 14.4. The topological polar surface area (TPSA) is 119 Å². The summed E-state index contributed by atoms with van der Waals surface area (Å²) >= 11 is 0. The van der Waals surface area contributed by atoms with Crippen molar-refractivity contribution in [1.29, 1.82) is 0 Å². The van der Waals surface area contributed by atoms with Gasteiger partial charge in [-0.25, -0.2) is 9.67 Å². The fourth-order valence-electron chi connectivity index (χ4n) is 4.03. The summed E-state index contributed by atoms with van der Waals surface area (Å²) < 4.78 is 21.2. The Morgan fingerprint density at radius 3 is 2.53 bits per heavy atom. The standard InChI is InChI=1S/C21H30FN5O4Si/c1-31-21(30)14-8-6-5-7-13(14)20(29)24-16-10-9-15(23-19(16)22)18-17(11-28)27(26-25-18)12-32(2,3)4/h9-10,13-14,28H,5-8,11-12H2,1-4H3,(H,24,29)/t13-,14-/m0/s1. The van der Waals surface area contributed by atoms with Crippen LogP contribution in [0.1, 0.15) is 31.4 Å². The molecule has 0 radical (unpaired) electrons. The van der Waals surface area contributed by atoms with Gasteiger partial charge in [-0.2, -0.15) is 4.39 Å². The van der Waals surface area contributed by atoms with E-state index in [1.807, 2.05) is 0 Å². The highest BCUT2D eigenvalue weighted by atomic mass is 28.3. The van der Waals surface area contributed by atoms with Crippen molar-refractivity contribution < 1.29 is 23.8 Å². The predicted molar refractivity (Wildman–Crippen MR) is 119 cm³/mol. The molecule has 1 aliphatic rings. The molecule has 1 saturated carbocycles. The Balaban J connectivity index is 1.80. The summed E-state index contributed by atoms with van der Waals surface area (Å²) in [5.74, 6) is -2.82. The van der Waals surface area contributed by atoms with E-state index in [9.17, 15) is 19.1 Å². The third-order valence-electron chi connectivity index (χ3n) is 5.57. The molecule has 9 nitrogen and oxygen atoms in total. The Bertz CT molecular complexity index is 991. The number of hydrogen-bond acceptors (Lipinski definition) is 7. The van der Waals surface area contributed by atoms with Crippen molar-refractivity contribution in [3.05, 3.63) is 23.8 Å². The molecule has 1 aliphatic carbocycles. The Kier molecular flexibility index (Phi) is 7.39. The number of aliphatic hydroxyl groups excluding tert-OH is 1. The molecule has 0 aromatic carbocycles. The number of carbonyl (C=O) groups is 2. The number of methoxy groups -OCH3 is 1. The Morgan fingerprint density at radius 1 is 1.25 bits per heavy atom. The molecule has 2 atom stereocenters. The van der Waals surface area contributed by atoms with Crippen LogP contribution in [0.3, 0.4) is 0 Å². The number of nitrogens with zero attached hydrogens (tertiary/aromatic N) is 4. The molecule has 1 fully saturated rings. The number of aliphatic hydroxyl groups is 1. The van der Waals surface area contributed by atoms with Gasteiger partial charge in [0.1, 0.15) is 5.69 Å². The lowest BCUT2D eigenvalue weighted by atomic mass is 9.78. The monoisotopic (exact) mass is 463 g/mol. The third-order valence-corrected chi connectivity index (χ3v) is 6.82. The molecule has 0 unspecified atom stereocenters. The van der Waals surface area contributed by atoms with E-state index in [4.69, 9.17) is 4.74 Å². The largest absolute Gasteiger partial charge is 0.469 e. The van der Waals surface area contributed by atoms with Gasteiger partial charge in [0.15, 0.2) is 0 Å². The van der Waals surface area contributed by atoms with E-state index in [2.05, 4.69) is 40.3 Å². The second-order valence-corrected chi connectivity index (χ2v) is 14.7. The van der Waals surface area contributed by atoms with Gasteiger partial charge in [0.25, 0.3) is 0 Å². The van der Waals surface area contributed by atoms with Gasteiger partial charge < -0.3 is 15.2 Å². The normalized spacial score (nSPS) is 18.9. The maximum absolute atomic E-state index is 14.8. The number of esters is 1. The number of carbonyl (C=O) groups excluding carboxylic acids is 2. The summed E-state index contributed by atoms with van der Waals surface area (Å²) in [5.41, 5.74) is 0.921. The molecule has 1 amide bonds. The quantitative estimate of drug-likeness (QED) is 0.368. The van der Waals surface area contributed by atoms with E-state index in [0.717, 1.165) is 12.8 Å². The van der Waals surface area contributed by atoms with Crippen molar-refractivity contribution in [1.82, 2.24) is 20.0 Å². The predicted octanol–water partition coefficient (Wildman–Crippen LogP) is 2.77. The molecular formula is C21H30FN5O4Si. The number of aromatic nitrogens is 4. The molecule has 3 rings (SSSR count). The lowest BCUT2D eigenvalue weighted by Crippen LogP contribution is -2.36. The van der Waals surface area contributed by atoms with Crippen molar-refractivity contribution in [3.63, 3.8) is 0 Å². The third kappa shape index (κ3) is 5.39. The van der Waals surface area contributed by atoms with Crippen LogP contribution in [0.5, 0.6) is 0 Å². The van der Waals surface area contributed by atoms with Gasteiger partial charge in [0.05, 0.1) is 50.7 Å². The lowest BCUT2D eigenvalue weighted by molar-refractivity contribution is -0.151. The first-order chi connectivity index (χ1) is 15.1. The van der Waals surface area contributed by atoms with Crippen LogP contribution in [0.2, 0.25) is 19.6 Å². The van der Waals surface area contributed by atoms with Crippen LogP contribution in [0, 0.1) is 17.8 Å². The first kappa shape index (κ1) is 24.0. The minimum absolute atomic E-state index is 0.0759. The Morgan fingerprint density at radius 2 is 1.94 bits per heavy atom. The van der Waals surface area contributed by atoms with Crippen LogP contribution in [0.4, 0.5) is 10.1 Å². The van der Waals surface area contributed by atoms with Crippen LogP contribution < -0.4 is 5.32 Å². The van der Waals surface area contributed by atoms with Gasteiger partial charge in [-0.05, 0) is 25.0 Å². The molecule has 2 N–H and O–H groups in total. The Hall–Kier alpha value is -2.66. The van der Waals surface area contributed by atoms with E-state index in [1.165, 1.54) is 19.2 Å². The summed E-state index contributed by atoms with van der Waals surface area (Å²) in [6.45, 7) is 6.21. The zero-order chi connectivity index (χ0) is 23.5. The van der Waals surface area contributed by atoms with Gasteiger partial charge in [0, 0.05) is 6.17 Å². The molecule has 32 heavy (non-hydrogen) atoms. The van der Waals surface area contributed by atoms with Gasteiger partial charge in [-0.3, -0.25) is 9.59 Å². The Labute approximate surface area is 187 Å². The van der Waals surface area contributed by atoms with E-state index in [0.29, 0.717) is 30.4 Å². The number of amides is 1. The van der Waals surface area contributed by atoms with Crippen molar-refractivity contribution >= 4 is 25.6 Å². The maximum atomic E-state index is 14.8. The molecule has 174 valence electrons. The fourth-order valence-corrected chi connectivity index (χ4v) is 5.18.